The van der Waals surface area contributed by atoms with Crippen LogP contribution in [0.2, 0.25) is 0 Å². The van der Waals surface area contributed by atoms with Gasteiger partial charge < -0.3 is 9.84 Å². The van der Waals surface area contributed by atoms with Crippen molar-refractivity contribution >= 4 is 5.91 Å². The average molecular weight is 299 g/mol. The SMILES string of the molecule is CC(C)(C)C(NC(=O)c1cc(C2CC2)on1)c1ccncc1. The first-order valence-corrected chi connectivity index (χ1v) is 7.62. The Morgan fingerprint density at radius 1 is 1.32 bits per heavy atom. The lowest BCUT2D eigenvalue weighted by Crippen LogP contribution is -2.36. The van der Waals surface area contributed by atoms with E-state index < -0.39 is 0 Å². The van der Waals surface area contributed by atoms with E-state index in [1.165, 1.54) is 0 Å². The molecular formula is C17H21N3O2. The Hall–Kier alpha value is -2.17. The van der Waals surface area contributed by atoms with Gasteiger partial charge in [-0.1, -0.05) is 25.9 Å². The summed E-state index contributed by atoms with van der Waals surface area (Å²) in [5.74, 6) is 1.07. The number of carbonyl (C=O) groups excluding carboxylic acids is 1. The molecule has 1 fully saturated rings. The molecule has 1 aliphatic carbocycles. The number of aromatic nitrogens is 2. The minimum atomic E-state index is -0.201. The van der Waals surface area contributed by atoms with Gasteiger partial charge in [-0.15, -0.1) is 0 Å². The Morgan fingerprint density at radius 3 is 2.59 bits per heavy atom. The molecule has 1 N–H and O–H groups in total. The first-order chi connectivity index (χ1) is 10.4. The van der Waals surface area contributed by atoms with E-state index in [4.69, 9.17) is 4.52 Å². The molecule has 1 amide bonds. The van der Waals surface area contributed by atoms with Crippen LogP contribution in [0, 0.1) is 5.41 Å². The molecule has 116 valence electrons. The molecule has 0 aromatic carbocycles. The minimum absolute atomic E-state index is 0.121. The summed E-state index contributed by atoms with van der Waals surface area (Å²) in [4.78, 5) is 16.5. The molecule has 1 saturated carbocycles. The first-order valence-electron chi connectivity index (χ1n) is 7.62. The fraction of sp³-hybridized carbons (Fsp3) is 0.471. The molecule has 22 heavy (non-hydrogen) atoms. The number of hydrogen-bond acceptors (Lipinski definition) is 4. The summed E-state index contributed by atoms with van der Waals surface area (Å²) >= 11 is 0. The maximum atomic E-state index is 12.5. The van der Waals surface area contributed by atoms with Crippen molar-refractivity contribution in [3.05, 3.63) is 47.6 Å². The molecule has 0 bridgehead atoms. The van der Waals surface area contributed by atoms with Crippen LogP contribution in [0.15, 0.2) is 35.1 Å². The second kappa shape index (κ2) is 5.55. The summed E-state index contributed by atoms with van der Waals surface area (Å²) in [5.41, 5.74) is 1.26. The summed E-state index contributed by atoms with van der Waals surface area (Å²) in [6.45, 7) is 6.28. The van der Waals surface area contributed by atoms with Crippen molar-refractivity contribution in [1.82, 2.24) is 15.5 Å². The van der Waals surface area contributed by atoms with Crippen LogP contribution in [0.5, 0.6) is 0 Å². The van der Waals surface area contributed by atoms with Gasteiger partial charge in [0.05, 0.1) is 6.04 Å². The Bertz CT molecular complexity index is 654. The van der Waals surface area contributed by atoms with E-state index in [1.54, 1.807) is 18.5 Å². The van der Waals surface area contributed by atoms with E-state index in [0.717, 1.165) is 24.2 Å². The summed E-state index contributed by atoms with van der Waals surface area (Å²) < 4.78 is 5.26. The summed E-state index contributed by atoms with van der Waals surface area (Å²) in [6, 6.07) is 5.49. The molecule has 1 unspecified atom stereocenters. The van der Waals surface area contributed by atoms with Gasteiger partial charge in [-0.2, -0.15) is 0 Å². The number of hydrogen-bond donors (Lipinski definition) is 1. The molecule has 1 atom stereocenters. The van der Waals surface area contributed by atoms with Gasteiger partial charge in [0.15, 0.2) is 5.69 Å². The standard InChI is InChI=1S/C17H21N3O2/c1-17(2,3)15(12-6-8-18-9-7-12)19-16(21)13-10-14(22-20-13)11-4-5-11/h6-11,15H,4-5H2,1-3H3,(H,19,21). The van der Waals surface area contributed by atoms with Crippen LogP contribution in [-0.4, -0.2) is 16.0 Å². The zero-order valence-electron chi connectivity index (χ0n) is 13.2. The highest BCUT2D eigenvalue weighted by atomic mass is 16.5. The lowest BCUT2D eigenvalue weighted by atomic mass is 9.82. The lowest BCUT2D eigenvalue weighted by Gasteiger charge is -2.31. The Morgan fingerprint density at radius 2 is 2.00 bits per heavy atom. The maximum absolute atomic E-state index is 12.5. The van der Waals surface area contributed by atoms with Gasteiger partial charge in [-0.25, -0.2) is 0 Å². The van der Waals surface area contributed by atoms with Gasteiger partial charge in [0.2, 0.25) is 0 Å². The van der Waals surface area contributed by atoms with E-state index in [0.29, 0.717) is 11.6 Å². The normalized spacial score (nSPS) is 16.3. The van der Waals surface area contributed by atoms with Crippen molar-refractivity contribution < 1.29 is 9.32 Å². The predicted molar refractivity (Wildman–Crippen MR) is 82.4 cm³/mol. The van der Waals surface area contributed by atoms with Crippen LogP contribution in [0.4, 0.5) is 0 Å². The Kier molecular flexibility index (Phi) is 3.72. The Balaban J connectivity index is 1.79. The van der Waals surface area contributed by atoms with Crippen LogP contribution in [0.3, 0.4) is 0 Å². The fourth-order valence-electron chi connectivity index (χ4n) is 2.52. The molecule has 0 aliphatic heterocycles. The van der Waals surface area contributed by atoms with E-state index in [2.05, 4.69) is 36.2 Å². The van der Waals surface area contributed by atoms with Crippen LogP contribution in [-0.2, 0) is 0 Å². The number of nitrogens with zero attached hydrogens (tertiary/aromatic N) is 2. The highest BCUT2D eigenvalue weighted by Crippen LogP contribution is 2.40. The van der Waals surface area contributed by atoms with Crippen LogP contribution < -0.4 is 5.32 Å². The number of rotatable bonds is 4. The molecule has 2 heterocycles. The maximum Gasteiger partial charge on any atom is 0.273 e. The van der Waals surface area contributed by atoms with Gasteiger partial charge in [0, 0.05) is 24.4 Å². The first kappa shape index (κ1) is 14.8. The molecule has 2 aromatic rings. The monoisotopic (exact) mass is 299 g/mol. The highest BCUT2D eigenvalue weighted by Gasteiger charge is 2.31. The highest BCUT2D eigenvalue weighted by molar-refractivity contribution is 5.92. The third kappa shape index (κ3) is 3.18. The van der Waals surface area contributed by atoms with Crippen molar-refractivity contribution in [3.8, 4) is 0 Å². The smallest absolute Gasteiger partial charge is 0.273 e. The third-order valence-electron chi connectivity index (χ3n) is 3.92. The van der Waals surface area contributed by atoms with E-state index in [-0.39, 0.29) is 17.4 Å². The molecule has 0 radical (unpaired) electrons. The van der Waals surface area contributed by atoms with Gasteiger partial charge >= 0.3 is 0 Å². The second-order valence-electron chi connectivity index (χ2n) is 6.94. The summed E-state index contributed by atoms with van der Waals surface area (Å²) in [6.07, 6.45) is 5.72. The number of amides is 1. The molecule has 0 spiro atoms. The minimum Gasteiger partial charge on any atom is -0.360 e. The molecule has 5 nitrogen and oxygen atoms in total. The van der Waals surface area contributed by atoms with Gasteiger partial charge in [0.25, 0.3) is 5.91 Å². The van der Waals surface area contributed by atoms with Crippen molar-refractivity contribution in [1.29, 1.82) is 0 Å². The van der Waals surface area contributed by atoms with Crippen LogP contribution >= 0.6 is 0 Å². The zero-order chi connectivity index (χ0) is 15.7. The number of carbonyl (C=O) groups is 1. The molecule has 0 saturated heterocycles. The van der Waals surface area contributed by atoms with Crippen molar-refractivity contribution in [2.24, 2.45) is 5.41 Å². The zero-order valence-corrected chi connectivity index (χ0v) is 13.2. The van der Waals surface area contributed by atoms with Crippen molar-refractivity contribution in [2.45, 2.75) is 45.6 Å². The largest absolute Gasteiger partial charge is 0.360 e. The average Bonchev–Trinajstić information content (AvgIpc) is 3.21. The van der Waals surface area contributed by atoms with Crippen molar-refractivity contribution in [3.63, 3.8) is 0 Å². The number of nitrogens with one attached hydrogen (secondary N) is 1. The molecule has 2 aromatic heterocycles. The van der Waals surface area contributed by atoms with Crippen LogP contribution in [0.1, 0.15) is 67.4 Å². The topological polar surface area (TPSA) is 68.0 Å². The van der Waals surface area contributed by atoms with E-state index >= 15 is 0 Å². The lowest BCUT2D eigenvalue weighted by molar-refractivity contribution is 0.0892. The summed E-state index contributed by atoms with van der Waals surface area (Å²) in [7, 11) is 0. The van der Waals surface area contributed by atoms with E-state index in [1.807, 2.05) is 12.1 Å². The summed E-state index contributed by atoms with van der Waals surface area (Å²) in [5, 5.41) is 6.98. The van der Waals surface area contributed by atoms with Gasteiger partial charge in [-0.05, 0) is 36.0 Å². The van der Waals surface area contributed by atoms with Gasteiger partial charge in [-0.3, -0.25) is 9.78 Å². The van der Waals surface area contributed by atoms with Crippen LogP contribution in [0.25, 0.3) is 0 Å². The molecule has 3 rings (SSSR count). The van der Waals surface area contributed by atoms with Gasteiger partial charge in [0.1, 0.15) is 5.76 Å². The molecule has 5 heteroatoms. The molecule has 1 aliphatic rings. The fourth-order valence-corrected chi connectivity index (χ4v) is 2.52. The quantitative estimate of drug-likeness (QED) is 0.938. The molecular weight excluding hydrogens is 278 g/mol. The van der Waals surface area contributed by atoms with Crippen molar-refractivity contribution in [2.75, 3.05) is 0 Å². The predicted octanol–water partition coefficient (Wildman–Crippen LogP) is 3.46. The number of pyridine rings is 1. The third-order valence-corrected chi connectivity index (χ3v) is 3.92. The Labute approximate surface area is 130 Å². The van der Waals surface area contributed by atoms with E-state index in [9.17, 15) is 4.79 Å². The second-order valence-corrected chi connectivity index (χ2v) is 6.94.